The molecule has 3 aromatic carbocycles. The zero-order valence-electron chi connectivity index (χ0n) is 16.0. The van der Waals surface area contributed by atoms with Crippen molar-refractivity contribution in [1.82, 2.24) is 0 Å². The Morgan fingerprint density at radius 3 is 2.50 bits per heavy atom. The highest BCUT2D eigenvalue weighted by molar-refractivity contribution is 6.03. The molecule has 0 radical (unpaired) electrons. The van der Waals surface area contributed by atoms with Gasteiger partial charge in [0.15, 0.2) is 17.3 Å². The number of fused-ring (bicyclic) bond motifs is 1. The molecule has 0 bridgehead atoms. The number of ether oxygens (including phenoxy) is 3. The number of esters is 1. The van der Waals surface area contributed by atoms with Crippen LogP contribution >= 0.6 is 0 Å². The van der Waals surface area contributed by atoms with Crippen LogP contribution in [0.2, 0.25) is 0 Å². The zero-order valence-corrected chi connectivity index (χ0v) is 16.0. The summed E-state index contributed by atoms with van der Waals surface area (Å²) < 4.78 is 16.3. The topological polar surface area (TPSA) is 102 Å². The minimum Gasteiger partial charge on any atom is -0.507 e. The van der Waals surface area contributed by atoms with Crippen LogP contribution in [-0.4, -0.2) is 29.1 Å². The largest absolute Gasteiger partial charge is 0.507 e. The molecule has 2 N–H and O–H groups in total. The molecule has 0 spiro atoms. The Balaban J connectivity index is 1.63. The predicted molar refractivity (Wildman–Crippen MR) is 106 cm³/mol. The Labute approximate surface area is 172 Å². The first-order valence-electron chi connectivity index (χ1n) is 9.17. The van der Waals surface area contributed by atoms with Crippen LogP contribution < -0.4 is 14.2 Å². The quantitative estimate of drug-likeness (QED) is 0.498. The van der Waals surface area contributed by atoms with Crippen LogP contribution in [-0.2, 0) is 0 Å². The molecule has 0 fully saturated rings. The lowest BCUT2D eigenvalue weighted by Gasteiger charge is -2.26. The van der Waals surface area contributed by atoms with Gasteiger partial charge in [0, 0.05) is 12.1 Å². The molecule has 7 heteroatoms. The maximum atomic E-state index is 12.6. The first-order valence-corrected chi connectivity index (χ1v) is 9.17. The summed E-state index contributed by atoms with van der Waals surface area (Å²) in [7, 11) is 1.44. The molecule has 1 atom stereocenters. The predicted octanol–water partition coefficient (Wildman–Crippen LogP) is 4.03. The summed E-state index contributed by atoms with van der Waals surface area (Å²) in [6, 6.07) is 15.7. The molecule has 0 unspecified atom stereocenters. The van der Waals surface area contributed by atoms with Gasteiger partial charge in [-0.05, 0) is 29.8 Å². The van der Waals surface area contributed by atoms with Gasteiger partial charge in [-0.25, -0.2) is 4.79 Å². The summed E-state index contributed by atoms with van der Waals surface area (Å²) in [6.45, 7) is 0. The van der Waals surface area contributed by atoms with Crippen molar-refractivity contribution >= 4 is 11.8 Å². The van der Waals surface area contributed by atoms with Gasteiger partial charge >= 0.3 is 5.97 Å². The monoisotopic (exact) mass is 406 g/mol. The van der Waals surface area contributed by atoms with Crippen LogP contribution in [0.15, 0.2) is 60.7 Å². The van der Waals surface area contributed by atoms with Crippen LogP contribution in [0.5, 0.6) is 28.7 Å². The van der Waals surface area contributed by atoms with E-state index in [2.05, 4.69) is 0 Å². The van der Waals surface area contributed by atoms with E-state index < -0.39 is 12.1 Å². The highest BCUT2D eigenvalue weighted by Gasteiger charge is 2.31. The zero-order chi connectivity index (χ0) is 21.3. The van der Waals surface area contributed by atoms with Gasteiger partial charge in [0.05, 0.1) is 19.1 Å². The highest BCUT2D eigenvalue weighted by atomic mass is 16.5. The molecule has 0 saturated heterocycles. The van der Waals surface area contributed by atoms with Crippen molar-refractivity contribution in [3.8, 4) is 28.7 Å². The van der Waals surface area contributed by atoms with Gasteiger partial charge in [-0.15, -0.1) is 0 Å². The van der Waals surface area contributed by atoms with Gasteiger partial charge in [-0.1, -0.05) is 24.3 Å². The number of Topliss-reactive ketones (excluding diaryl/α,β-unsaturated/α-hetero) is 1. The van der Waals surface area contributed by atoms with E-state index in [4.69, 9.17) is 14.2 Å². The number of carbonyl (C=O) groups is 2. The van der Waals surface area contributed by atoms with E-state index in [1.165, 1.54) is 25.3 Å². The molecule has 0 saturated carbocycles. The van der Waals surface area contributed by atoms with Crippen molar-refractivity contribution in [2.75, 3.05) is 7.11 Å². The number of benzene rings is 3. The molecule has 1 aliphatic heterocycles. The SMILES string of the molecule is COc1ccc([C@@H]2CC(=O)c3c(O)cc(OC(=O)c4ccccc4)cc3O2)cc1O. The smallest absolute Gasteiger partial charge is 0.343 e. The minimum atomic E-state index is -0.679. The molecule has 152 valence electrons. The van der Waals surface area contributed by atoms with Crippen LogP contribution in [0.4, 0.5) is 0 Å². The molecule has 7 nitrogen and oxygen atoms in total. The molecule has 1 aliphatic rings. The van der Waals surface area contributed by atoms with Gasteiger partial charge in [0.2, 0.25) is 0 Å². The Morgan fingerprint density at radius 1 is 1.03 bits per heavy atom. The lowest BCUT2D eigenvalue weighted by atomic mass is 9.95. The number of hydrogen-bond donors (Lipinski definition) is 2. The second-order valence-corrected chi connectivity index (χ2v) is 6.74. The van der Waals surface area contributed by atoms with Gasteiger partial charge < -0.3 is 24.4 Å². The van der Waals surface area contributed by atoms with Crippen LogP contribution in [0, 0.1) is 0 Å². The highest BCUT2D eigenvalue weighted by Crippen LogP contribution is 2.43. The maximum absolute atomic E-state index is 12.6. The summed E-state index contributed by atoms with van der Waals surface area (Å²) in [5.74, 6) is -0.888. The van der Waals surface area contributed by atoms with Crippen molar-refractivity contribution in [2.24, 2.45) is 0 Å². The molecule has 4 rings (SSSR count). The van der Waals surface area contributed by atoms with E-state index in [1.807, 2.05) is 0 Å². The van der Waals surface area contributed by atoms with Crippen molar-refractivity contribution in [1.29, 1.82) is 0 Å². The fourth-order valence-electron chi connectivity index (χ4n) is 3.31. The van der Waals surface area contributed by atoms with Crippen molar-refractivity contribution in [3.63, 3.8) is 0 Å². The van der Waals surface area contributed by atoms with E-state index in [1.54, 1.807) is 42.5 Å². The van der Waals surface area contributed by atoms with Crippen molar-refractivity contribution in [2.45, 2.75) is 12.5 Å². The molecule has 0 amide bonds. The maximum Gasteiger partial charge on any atom is 0.343 e. The standard InChI is InChI=1S/C23H18O7/c1-28-19-8-7-14(9-16(19)24)20-12-18(26)22-17(25)10-15(11-21(22)30-20)29-23(27)13-5-3-2-4-6-13/h2-11,20,24-25H,12H2,1H3/t20-/m0/s1. The third-order valence-electron chi connectivity index (χ3n) is 4.77. The number of carbonyl (C=O) groups excluding carboxylic acids is 2. The Kier molecular flexibility index (Phi) is 5.02. The number of methoxy groups -OCH3 is 1. The van der Waals surface area contributed by atoms with E-state index in [9.17, 15) is 19.8 Å². The van der Waals surface area contributed by atoms with E-state index in [-0.39, 0.29) is 40.8 Å². The molecule has 0 aliphatic carbocycles. The fraction of sp³-hybridized carbons (Fsp3) is 0.130. The van der Waals surface area contributed by atoms with Gasteiger partial charge in [-0.2, -0.15) is 0 Å². The number of hydrogen-bond acceptors (Lipinski definition) is 7. The minimum absolute atomic E-state index is 0.0184. The van der Waals surface area contributed by atoms with Gasteiger partial charge in [-0.3, -0.25) is 4.79 Å². The second-order valence-electron chi connectivity index (χ2n) is 6.74. The van der Waals surface area contributed by atoms with Crippen LogP contribution in [0.3, 0.4) is 0 Å². The summed E-state index contributed by atoms with van der Waals surface area (Å²) in [6.07, 6.45) is -0.698. The summed E-state index contributed by atoms with van der Waals surface area (Å²) in [4.78, 5) is 24.9. The molecule has 30 heavy (non-hydrogen) atoms. The lowest BCUT2D eigenvalue weighted by Crippen LogP contribution is -2.21. The summed E-state index contributed by atoms with van der Waals surface area (Å²) in [5, 5.41) is 20.3. The lowest BCUT2D eigenvalue weighted by molar-refractivity contribution is 0.0733. The number of ketones is 1. The third-order valence-corrected chi connectivity index (χ3v) is 4.77. The van der Waals surface area contributed by atoms with Crippen molar-refractivity contribution < 1.29 is 34.0 Å². The number of phenolic OH excluding ortho intramolecular Hbond substituents is 2. The van der Waals surface area contributed by atoms with Crippen LogP contribution in [0.25, 0.3) is 0 Å². The summed E-state index contributed by atoms with van der Waals surface area (Å²) >= 11 is 0. The fourth-order valence-corrected chi connectivity index (χ4v) is 3.31. The summed E-state index contributed by atoms with van der Waals surface area (Å²) in [5.41, 5.74) is 0.945. The van der Waals surface area contributed by atoms with Gasteiger partial charge in [0.1, 0.15) is 28.9 Å². The Hall–Kier alpha value is -4.00. The number of phenols is 2. The Bertz CT molecular complexity index is 1120. The normalized spacial score (nSPS) is 15.1. The molecular formula is C23H18O7. The number of aromatic hydroxyl groups is 2. The first-order chi connectivity index (χ1) is 14.5. The number of rotatable bonds is 4. The molecular weight excluding hydrogens is 388 g/mol. The van der Waals surface area contributed by atoms with E-state index >= 15 is 0 Å². The van der Waals surface area contributed by atoms with Gasteiger partial charge in [0.25, 0.3) is 0 Å². The van der Waals surface area contributed by atoms with E-state index in [0.29, 0.717) is 16.9 Å². The third kappa shape index (κ3) is 3.65. The average molecular weight is 406 g/mol. The average Bonchev–Trinajstić information content (AvgIpc) is 2.73. The molecule has 0 aromatic heterocycles. The van der Waals surface area contributed by atoms with Crippen molar-refractivity contribution in [3.05, 3.63) is 77.4 Å². The second kappa shape index (κ2) is 7.79. The van der Waals surface area contributed by atoms with Crippen LogP contribution in [0.1, 0.15) is 38.8 Å². The molecule has 3 aromatic rings. The first kappa shape index (κ1) is 19.3. The van der Waals surface area contributed by atoms with E-state index in [0.717, 1.165) is 0 Å². The molecule has 1 heterocycles. The Morgan fingerprint density at radius 2 is 1.80 bits per heavy atom.